The number of nitrogens with zero attached hydrogens (tertiary/aromatic N) is 5. The van der Waals surface area contributed by atoms with E-state index < -0.39 is 143 Å². The molecule has 1 saturated carbocycles. The monoisotopic (exact) mass is 1690 g/mol. The first-order valence-corrected chi connectivity index (χ1v) is 42.2. The number of unbranched alkanes of at least 4 members (excludes halogenated alkanes) is 2. The van der Waals surface area contributed by atoms with Crippen LogP contribution >= 0.6 is 11.8 Å². The summed E-state index contributed by atoms with van der Waals surface area (Å²) in [6, 6.07) is 5.67. The van der Waals surface area contributed by atoms with Gasteiger partial charge in [0.25, 0.3) is 11.8 Å². The van der Waals surface area contributed by atoms with Crippen LogP contribution in [-0.4, -0.2) is 260 Å². The van der Waals surface area contributed by atoms with Gasteiger partial charge in [0.1, 0.15) is 30.8 Å². The second-order valence-electron chi connectivity index (χ2n) is 32.8. The zero-order valence-electron chi connectivity index (χ0n) is 71.8. The number of nitrogens with two attached hydrogens (primary N) is 1. The molecule has 2 unspecified atom stereocenters. The summed E-state index contributed by atoms with van der Waals surface area (Å²) in [4.78, 5) is 224. The standard InChI is InChI=1S/C83H126N14O21S/c1-17-51(9)72(94(14)79(110)70(48(4)5)92-77(108)71(49(6)7)93(12)13)61(114-15)40-66(102)96-44-56(39-59(96)73(115-16)53(11)74(105)88-43-60(98)57-29-24-50(8)38-52(57)10)117-82(113)87-36-35-86-81(112)116-45-54-25-27-55(28-26-54)89-75(106)58(22-21-34-85-80(84)111)90-76(107)69(47(2)3)91-63(99)23-19-18-20-37-95-67(103)41-62(78(95)109)119-46-83(32-33-83)42-68(104)118-97-64(100)30-31-65(97)101/h24-29,38,47-49,51,53,56,58-59,61-62,69-73H,17-23,30-37,39-46H2,1-16H3,(H,86,112)(H,87,113)(H,88,105)(H,89,106)(H,90,107)(H,91,99)(H,92,108)(H3,84,85,111)/t51-,53+,56-,58-,59-,61+,62?,69-,70-,71-,72?,73+/m0/s1. The minimum Gasteiger partial charge on any atom is -0.445 e. The molecule has 10 N–H and O–H groups in total. The van der Waals surface area contributed by atoms with Crippen LogP contribution in [-0.2, 0) is 87.9 Å². The Balaban J connectivity index is 0.988. The summed E-state index contributed by atoms with van der Waals surface area (Å²) in [5.74, 6) is -7.76. The summed E-state index contributed by atoms with van der Waals surface area (Å²) in [6.07, 6.45) is -1.40. The van der Waals surface area contributed by atoms with Gasteiger partial charge in [-0.2, -0.15) is 0 Å². The lowest BCUT2D eigenvalue weighted by Gasteiger charge is -2.41. The topological polar surface area (TPSA) is 458 Å². The van der Waals surface area contributed by atoms with Gasteiger partial charge >= 0.3 is 24.2 Å². The summed E-state index contributed by atoms with van der Waals surface area (Å²) in [5, 5.41) is 21.5. The molecule has 4 fully saturated rings. The number of thioether (sulfide) groups is 1. The number of imide groups is 2. The number of hydrogen-bond donors (Lipinski definition) is 9. The molecule has 0 aromatic heterocycles. The minimum absolute atomic E-state index is 0.00110. The van der Waals surface area contributed by atoms with Crippen molar-refractivity contribution < 1.29 is 100 Å². The predicted molar refractivity (Wildman–Crippen MR) is 440 cm³/mol. The summed E-state index contributed by atoms with van der Waals surface area (Å²) >= 11 is 1.29. The Morgan fingerprint density at radius 3 is 1.94 bits per heavy atom. The van der Waals surface area contributed by atoms with Gasteiger partial charge in [0.15, 0.2) is 5.78 Å². The maximum absolute atomic E-state index is 15.0. The van der Waals surface area contributed by atoms with Crippen molar-refractivity contribution in [2.24, 2.45) is 40.7 Å². The Morgan fingerprint density at radius 1 is 0.697 bits per heavy atom. The van der Waals surface area contributed by atoms with Gasteiger partial charge in [-0.3, -0.25) is 67.3 Å². The molecule has 35 nitrogen and oxygen atoms in total. The van der Waals surface area contributed by atoms with E-state index in [2.05, 4.69) is 42.5 Å². The molecule has 119 heavy (non-hydrogen) atoms. The highest BCUT2D eigenvalue weighted by Gasteiger charge is 2.50. The van der Waals surface area contributed by atoms with Crippen LogP contribution in [0, 0.1) is 48.9 Å². The Bertz CT molecular complexity index is 3890. The quantitative estimate of drug-likeness (QED) is 0.0236. The lowest BCUT2D eigenvalue weighted by atomic mass is 9.89. The van der Waals surface area contributed by atoms with Gasteiger partial charge in [0, 0.05) is 96.6 Å². The molecule has 3 saturated heterocycles. The largest absolute Gasteiger partial charge is 0.445 e. The van der Waals surface area contributed by atoms with Crippen molar-refractivity contribution in [1.82, 2.24) is 61.9 Å². The average molecular weight is 1690 g/mol. The molecule has 1 aliphatic carbocycles. The highest BCUT2D eigenvalue weighted by atomic mass is 32.2. The zero-order chi connectivity index (χ0) is 88.3. The van der Waals surface area contributed by atoms with E-state index in [0.29, 0.717) is 66.2 Å². The maximum atomic E-state index is 15.0. The Hall–Kier alpha value is -9.81. The van der Waals surface area contributed by atoms with E-state index in [0.717, 1.165) is 11.1 Å². The van der Waals surface area contributed by atoms with E-state index in [4.69, 9.17) is 29.5 Å². The van der Waals surface area contributed by atoms with Crippen LogP contribution in [0.3, 0.4) is 0 Å². The Labute approximate surface area is 701 Å². The zero-order valence-corrected chi connectivity index (χ0v) is 72.6. The first-order valence-electron chi connectivity index (χ1n) is 41.1. The van der Waals surface area contributed by atoms with Crippen molar-refractivity contribution in [2.45, 2.75) is 239 Å². The van der Waals surface area contributed by atoms with Gasteiger partial charge in [0.2, 0.25) is 53.2 Å². The van der Waals surface area contributed by atoms with Crippen LogP contribution in [0.4, 0.5) is 20.1 Å². The number of hydroxylamine groups is 2. The minimum atomic E-state index is -1.16. The van der Waals surface area contributed by atoms with Crippen molar-refractivity contribution in [3.63, 3.8) is 0 Å². The van der Waals surface area contributed by atoms with Crippen LogP contribution in [0.25, 0.3) is 0 Å². The van der Waals surface area contributed by atoms with Crippen LogP contribution in [0.2, 0.25) is 0 Å². The summed E-state index contributed by atoms with van der Waals surface area (Å²) in [7, 11) is 8.08. The molecule has 4 aliphatic rings. The predicted octanol–water partition coefficient (Wildman–Crippen LogP) is 5.09. The van der Waals surface area contributed by atoms with Crippen LogP contribution in [0.1, 0.15) is 186 Å². The summed E-state index contributed by atoms with van der Waals surface area (Å²) in [6.45, 7) is 19.5. The van der Waals surface area contributed by atoms with Gasteiger partial charge in [-0.25, -0.2) is 19.2 Å². The van der Waals surface area contributed by atoms with Gasteiger partial charge in [-0.05, 0) is 119 Å². The van der Waals surface area contributed by atoms with Gasteiger partial charge < -0.3 is 81.9 Å². The van der Waals surface area contributed by atoms with E-state index in [1.807, 2.05) is 67.5 Å². The molecule has 660 valence electrons. The number of urea groups is 1. The lowest BCUT2D eigenvalue weighted by Crippen LogP contribution is -2.59. The number of anilines is 1. The van der Waals surface area contributed by atoms with Gasteiger partial charge in [-0.1, -0.05) is 111 Å². The number of amides is 15. The maximum Gasteiger partial charge on any atom is 0.407 e. The number of hydrogen-bond acceptors (Lipinski definition) is 23. The van der Waals surface area contributed by atoms with E-state index in [9.17, 15) is 71.9 Å². The number of Topliss-reactive ketones (excluding diaryl/α,β-unsaturated/α-hetero) is 1. The molecule has 3 heterocycles. The molecule has 0 bridgehead atoms. The van der Waals surface area contributed by atoms with Crippen molar-refractivity contribution in [1.29, 1.82) is 0 Å². The molecule has 0 radical (unpaired) electrons. The Kier molecular flexibility index (Phi) is 38.4. The average Bonchev–Trinajstić information content (AvgIpc) is 1.67. The number of benzene rings is 2. The Morgan fingerprint density at radius 2 is 1.35 bits per heavy atom. The highest BCUT2D eigenvalue weighted by Crippen LogP contribution is 2.52. The van der Waals surface area contributed by atoms with Gasteiger partial charge in [-0.15, -0.1) is 16.8 Å². The van der Waals surface area contributed by atoms with Crippen molar-refractivity contribution in [2.75, 3.05) is 85.7 Å². The third kappa shape index (κ3) is 29.3. The number of ether oxygens (including phenoxy) is 4. The fourth-order valence-electron chi connectivity index (χ4n) is 15.2. The molecule has 0 spiro atoms. The highest BCUT2D eigenvalue weighted by molar-refractivity contribution is 8.00. The van der Waals surface area contributed by atoms with E-state index in [1.165, 1.54) is 35.8 Å². The fourth-order valence-corrected chi connectivity index (χ4v) is 16.6. The fraction of sp³-hybridized carbons (Fsp3) is 0.663. The molecule has 15 amide bonds. The number of methoxy groups -OCH3 is 2. The van der Waals surface area contributed by atoms with Gasteiger partial charge in [0.05, 0.1) is 67.4 Å². The number of primary amides is 1. The summed E-state index contributed by atoms with van der Waals surface area (Å²) in [5.41, 5.74) is 7.81. The first kappa shape index (κ1) is 98.0. The second-order valence-corrected chi connectivity index (χ2v) is 34.0. The molecule has 12 atom stereocenters. The normalized spacial score (nSPS) is 18.6. The number of likely N-dealkylation sites (tertiary alicyclic amines) is 2. The number of carbonyl (C=O) groups is 16. The van der Waals surface area contributed by atoms with Crippen LogP contribution in [0.5, 0.6) is 0 Å². The molecule has 36 heteroatoms. The molecular formula is C83H126N14O21S. The number of aryl methyl sites for hydroxylation is 2. The van der Waals surface area contributed by atoms with Crippen molar-refractivity contribution in [3.05, 3.63) is 64.7 Å². The SMILES string of the molecule is CC[C@H](C)C([C@@H](CC(=O)N1C[C@@H](OC(=O)NCCNC(=O)OCc2ccc(NC(=O)[C@H](CCCNC(N)=O)NC(=O)[C@@H](NC(=O)CCCCCN3C(=O)CC(SCC4(CC(=O)ON5C(=O)CCC5=O)CC4)C3=O)C(C)C)cc2)C[C@H]1[C@H](OC)[C@@H](C)C(=O)NCC(=O)c1ccc(C)cc1C)OC)N(C)C(=O)[C@@H](NC(=O)[C@H](C(C)C)N(C)C)C(C)C. The van der Waals surface area contributed by atoms with Crippen LogP contribution < -0.4 is 48.3 Å². The van der Waals surface area contributed by atoms with Crippen molar-refractivity contribution in [3.8, 4) is 0 Å². The molecule has 2 aromatic rings. The number of likely N-dealkylation sites (N-methyl/N-ethyl adjacent to an activating group) is 2. The molecule has 2 aromatic carbocycles. The first-order chi connectivity index (χ1) is 56.2. The number of carbonyl (C=O) groups excluding carboxylic acids is 16. The van der Waals surface area contributed by atoms with E-state index in [1.54, 1.807) is 82.0 Å². The number of rotatable bonds is 48. The number of ketones is 1. The number of nitrogens with one attached hydrogen (secondary N) is 8. The second kappa shape index (κ2) is 46.7. The molecular weight excluding hydrogens is 1560 g/mol. The summed E-state index contributed by atoms with van der Waals surface area (Å²) < 4.78 is 23.5. The van der Waals surface area contributed by atoms with Crippen LogP contribution in [0.15, 0.2) is 42.5 Å². The van der Waals surface area contributed by atoms with E-state index in [-0.39, 0.29) is 151 Å². The third-order valence-electron chi connectivity index (χ3n) is 22.2. The smallest absolute Gasteiger partial charge is 0.407 e. The molecule has 3 aliphatic heterocycles. The third-order valence-corrected chi connectivity index (χ3v) is 23.8. The molecule has 6 rings (SSSR count). The lowest BCUT2D eigenvalue weighted by molar-refractivity contribution is -0.198. The van der Waals surface area contributed by atoms with Crippen molar-refractivity contribution >= 4 is 112 Å². The number of alkyl carbamates (subject to hydrolysis) is 2. The van der Waals surface area contributed by atoms with E-state index >= 15 is 4.79 Å².